The van der Waals surface area contributed by atoms with Gasteiger partial charge in [0.25, 0.3) is 0 Å². The van der Waals surface area contributed by atoms with Crippen molar-refractivity contribution in [2.24, 2.45) is 0 Å². The number of nitrogens with zero attached hydrogens (tertiary/aromatic N) is 1. The van der Waals surface area contributed by atoms with Gasteiger partial charge in [-0.15, -0.1) is 0 Å². The Hall–Kier alpha value is -2.48. The van der Waals surface area contributed by atoms with Gasteiger partial charge in [-0.3, -0.25) is 10.1 Å². The molecule has 0 aromatic heterocycles. The molecule has 2 aromatic rings. The lowest BCUT2D eigenvalue weighted by molar-refractivity contribution is -0.385. The van der Waals surface area contributed by atoms with E-state index in [1.807, 2.05) is 0 Å². The average Bonchev–Trinajstić information content (AvgIpc) is 2.48. The van der Waals surface area contributed by atoms with E-state index in [2.05, 4.69) is 0 Å². The normalized spacial score (nSPS) is 11.2. The molecule has 0 heterocycles. The summed E-state index contributed by atoms with van der Waals surface area (Å²) in [5, 5.41) is 10.7. The van der Waals surface area contributed by atoms with Crippen molar-refractivity contribution >= 4 is 17.3 Å². The summed E-state index contributed by atoms with van der Waals surface area (Å²) in [6.45, 7) is 2.06. The molecule has 0 saturated carbocycles. The van der Waals surface area contributed by atoms with Gasteiger partial charge in [0, 0.05) is 12.1 Å². The molecule has 0 N–H and O–H groups in total. The van der Waals surface area contributed by atoms with Gasteiger partial charge in [-0.25, -0.2) is 0 Å². The third-order valence-electron chi connectivity index (χ3n) is 2.92. The number of rotatable bonds is 5. The van der Waals surface area contributed by atoms with E-state index < -0.39 is 16.7 Å². The van der Waals surface area contributed by atoms with Gasteiger partial charge in [-0.05, 0) is 31.2 Å². The summed E-state index contributed by atoms with van der Waals surface area (Å²) < 4.78 is 48.5. The first kappa shape index (κ1) is 17.9. The molecule has 0 aliphatic heterocycles. The predicted molar refractivity (Wildman–Crippen MR) is 80.8 cm³/mol. The quantitative estimate of drug-likeness (QED) is 0.524. The van der Waals surface area contributed by atoms with Gasteiger partial charge >= 0.3 is 11.9 Å². The van der Waals surface area contributed by atoms with E-state index in [-0.39, 0.29) is 22.2 Å². The van der Waals surface area contributed by atoms with Gasteiger partial charge < -0.3 is 9.47 Å². The zero-order valence-corrected chi connectivity index (χ0v) is 13.0. The maximum atomic E-state index is 12.6. The third-order valence-corrected chi connectivity index (χ3v) is 3.21. The molecule has 0 spiro atoms. The minimum Gasteiger partial charge on any atom is -0.494 e. The fourth-order valence-corrected chi connectivity index (χ4v) is 2.08. The van der Waals surface area contributed by atoms with E-state index in [0.29, 0.717) is 18.4 Å². The monoisotopic (exact) mass is 361 g/mol. The molecular weight excluding hydrogens is 351 g/mol. The van der Waals surface area contributed by atoms with Crippen molar-refractivity contribution in [3.05, 3.63) is 57.1 Å². The largest absolute Gasteiger partial charge is 0.494 e. The Balaban J connectivity index is 2.39. The van der Waals surface area contributed by atoms with E-state index in [1.54, 1.807) is 6.92 Å². The maximum Gasteiger partial charge on any atom is 0.416 e. The average molecular weight is 362 g/mol. The summed E-state index contributed by atoms with van der Waals surface area (Å²) in [6.07, 6.45) is -4.55. The molecule has 0 bridgehead atoms. The van der Waals surface area contributed by atoms with Crippen molar-refractivity contribution in [1.82, 2.24) is 0 Å². The van der Waals surface area contributed by atoms with Crippen molar-refractivity contribution in [2.75, 3.05) is 6.61 Å². The van der Waals surface area contributed by atoms with Crippen LogP contribution in [-0.4, -0.2) is 11.5 Å². The SMILES string of the molecule is CCOc1ccc([N+](=O)[O-])c(Oc2ccc(C(F)(F)F)cc2Cl)c1. The van der Waals surface area contributed by atoms with Crippen LogP contribution in [0.15, 0.2) is 36.4 Å². The van der Waals surface area contributed by atoms with Crippen molar-refractivity contribution in [3.8, 4) is 17.2 Å². The van der Waals surface area contributed by atoms with E-state index >= 15 is 0 Å². The van der Waals surface area contributed by atoms with Gasteiger partial charge in [-0.1, -0.05) is 11.6 Å². The number of hydrogen-bond acceptors (Lipinski definition) is 4. The van der Waals surface area contributed by atoms with Gasteiger partial charge in [0.1, 0.15) is 11.5 Å². The zero-order chi connectivity index (χ0) is 17.9. The molecule has 2 aromatic carbocycles. The van der Waals surface area contributed by atoms with Crippen molar-refractivity contribution < 1.29 is 27.6 Å². The fourth-order valence-electron chi connectivity index (χ4n) is 1.86. The molecule has 0 fully saturated rings. The molecule has 5 nitrogen and oxygen atoms in total. The summed E-state index contributed by atoms with van der Waals surface area (Å²) in [7, 11) is 0. The number of nitro benzene ring substituents is 1. The fraction of sp³-hybridized carbons (Fsp3) is 0.200. The van der Waals surface area contributed by atoms with Crippen LogP contribution in [0.2, 0.25) is 5.02 Å². The Labute approximate surface area is 139 Å². The second kappa shape index (κ2) is 6.96. The molecule has 0 radical (unpaired) electrons. The lowest BCUT2D eigenvalue weighted by atomic mass is 10.2. The van der Waals surface area contributed by atoms with Crippen LogP contribution in [0, 0.1) is 10.1 Å². The lowest BCUT2D eigenvalue weighted by Gasteiger charge is -2.12. The maximum absolute atomic E-state index is 12.6. The van der Waals surface area contributed by atoms with Gasteiger partial charge in [0.05, 0.1) is 22.1 Å². The number of ether oxygens (including phenoxy) is 2. The minimum atomic E-state index is -4.55. The molecular formula is C15H11ClF3NO4. The van der Waals surface area contributed by atoms with Crippen LogP contribution in [0.1, 0.15) is 12.5 Å². The van der Waals surface area contributed by atoms with Crippen LogP contribution in [0.25, 0.3) is 0 Å². The predicted octanol–water partition coefficient (Wildman–Crippen LogP) is 5.46. The number of hydrogen-bond donors (Lipinski definition) is 0. The topological polar surface area (TPSA) is 61.6 Å². The molecule has 0 amide bonds. The van der Waals surface area contributed by atoms with Crippen LogP contribution in [0.4, 0.5) is 18.9 Å². The van der Waals surface area contributed by atoms with Gasteiger partial charge in [0.15, 0.2) is 0 Å². The number of benzene rings is 2. The molecule has 24 heavy (non-hydrogen) atoms. The Morgan fingerprint density at radius 3 is 2.42 bits per heavy atom. The van der Waals surface area contributed by atoms with E-state index in [0.717, 1.165) is 12.1 Å². The number of alkyl halides is 3. The molecule has 0 aliphatic carbocycles. The highest BCUT2D eigenvalue weighted by molar-refractivity contribution is 6.32. The second-order valence-electron chi connectivity index (χ2n) is 4.56. The minimum absolute atomic E-state index is 0.138. The summed E-state index contributed by atoms with van der Waals surface area (Å²) in [4.78, 5) is 10.4. The highest BCUT2D eigenvalue weighted by atomic mass is 35.5. The first-order chi connectivity index (χ1) is 11.2. The van der Waals surface area contributed by atoms with Crippen LogP contribution in [0.5, 0.6) is 17.2 Å². The van der Waals surface area contributed by atoms with Crippen molar-refractivity contribution in [1.29, 1.82) is 0 Å². The molecule has 0 saturated heterocycles. The third kappa shape index (κ3) is 4.08. The highest BCUT2D eigenvalue weighted by Crippen LogP contribution is 2.39. The van der Waals surface area contributed by atoms with E-state index in [4.69, 9.17) is 21.1 Å². The molecule has 0 unspecified atom stereocenters. The van der Waals surface area contributed by atoms with E-state index in [1.165, 1.54) is 18.2 Å². The molecule has 2 rings (SSSR count). The van der Waals surface area contributed by atoms with E-state index in [9.17, 15) is 23.3 Å². The molecule has 0 aliphatic rings. The molecule has 0 atom stereocenters. The second-order valence-corrected chi connectivity index (χ2v) is 4.97. The smallest absolute Gasteiger partial charge is 0.416 e. The number of halogens is 4. The Morgan fingerprint density at radius 2 is 1.88 bits per heavy atom. The van der Waals surface area contributed by atoms with Crippen LogP contribution < -0.4 is 9.47 Å². The van der Waals surface area contributed by atoms with Crippen molar-refractivity contribution in [3.63, 3.8) is 0 Å². The lowest BCUT2D eigenvalue weighted by Crippen LogP contribution is -2.04. The summed E-state index contributed by atoms with van der Waals surface area (Å²) >= 11 is 5.79. The van der Waals surface area contributed by atoms with Crippen LogP contribution in [0.3, 0.4) is 0 Å². The van der Waals surface area contributed by atoms with Crippen LogP contribution in [-0.2, 0) is 6.18 Å². The van der Waals surface area contributed by atoms with Crippen molar-refractivity contribution in [2.45, 2.75) is 13.1 Å². The van der Waals surface area contributed by atoms with Gasteiger partial charge in [-0.2, -0.15) is 13.2 Å². The van der Waals surface area contributed by atoms with Crippen LogP contribution >= 0.6 is 11.6 Å². The van der Waals surface area contributed by atoms with Gasteiger partial charge in [0.2, 0.25) is 5.75 Å². The molecule has 9 heteroatoms. The molecule has 128 valence electrons. The first-order valence-corrected chi connectivity index (χ1v) is 7.06. The summed E-state index contributed by atoms with van der Waals surface area (Å²) in [6, 6.07) is 6.31. The standard InChI is InChI=1S/C15H11ClF3NO4/c1-2-23-10-4-5-12(20(21)22)14(8-10)24-13-6-3-9(7-11(13)16)15(17,18)19/h3-8H,2H2,1H3. The zero-order valence-electron chi connectivity index (χ0n) is 12.3. The summed E-state index contributed by atoms with van der Waals surface area (Å²) in [5.74, 6) is -0.00448. The first-order valence-electron chi connectivity index (χ1n) is 6.68. The number of nitro groups is 1. The summed E-state index contributed by atoms with van der Waals surface area (Å²) in [5.41, 5.74) is -1.31. The Bertz CT molecular complexity index is 765. The Kier molecular flexibility index (Phi) is 5.18. The Morgan fingerprint density at radius 1 is 1.17 bits per heavy atom. The highest BCUT2D eigenvalue weighted by Gasteiger charge is 2.31.